The third-order valence-electron chi connectivity index (χ3n) is 11.5. The molecule has 34 heteroatoms. The number of nitrogens with zero attached hydrogens (tertiary/aromatic N) is 8. The van der Waals surface area contributed by atoms with Crippen molar-refractivity contribution in [2.45, 2.75) is 33.1 Å². The summed E-state index contributed by atoms with van der Waals surface area (Å²) in [6, 6.07) is 5.28. The first-order chi connectivity index (χ1) is 32.4. The highest BCUT2D eigenvalue weighted by molar-refractivity contribution is 7.86. The zero-order chi connectivity index (χ0) is 51.9. The number of quaternary nitrogens is 2. The van der Waals surface area contributed by atoms with Crippen LogP contribution in [0, 0.1) is 0 Å². The number of aliphatic hydroxyl groups excluding tert-OH is 4. The van der Waals surface area contributed by atoms with Gasteiger partial charge in [-0.05, 0) is 35.4 Å². The second-order valence-electron chi connectivity index (χ2n) is 16.8. The number of likely N-dealkylation sites (N-methyl/N-ethyl adjacent to an activating group) is 2. The van der Waals surface area contributed by atoms with Gasteiger partial charge in [0.25, 0.3) is 40.5 Å². The largest absolute Gasteiger partial charge is 0.393 e. The quantitative estimate of drug-likeness (QED) is 0.0143. The number of aliphatic hydroxyl groups is 6. The van der Waals surface area contributed by atoms with Crippen LogP contribution in [-0.4, -0.2) is 214 Å². The van der Waals surface area contributed by atoms with Gasteiger partial charge in [-0.3, -0.25) is 18.2 Å². The predicted molar refractivity (Wildman–Crippen MR) is 248 cm³/mol. The van der Waals surface area contributed by atoms with Crippen LogP contribution >= 0.6 is 0 Å². The van der Waals surface area contributed by atoms with Crippen molar-refractivity contribution in [2.24, 2.45) is 0 Å². The second-order valence-corrected chi connectivity index (χ2v) is 22.7. The van der Waals surface area contributed by atoms with E-state index in [1.165, 1.54) is 24.3 Å². The highest BCUT2D eigenvalue weighted by atomic mass is 32.2. The monoisotopic (exact) mass is 1070 g/mol. The van der Waals surface area contributed by atoms with Gasteiger partial charge in [-0.1, -0.05) is 24.3 Å². The first-order valence-electron chi connectivity index (χ1n) is 20.3. The summed E-state index contributed by atoms with van der Waals surface area (Å²) in [4.78, 5) is 24.1. The van der Waals surface area contributed by atoms with Gasteiger partial charge in [-0.15, -0.1) is 19.9 Å². The summed E-state index contributed by atoms with van der Waals surface area (Å²) in [6.45, 7) is -3.81. The lowest BCUT2D eigenvalue weighted by molar-refractivity contribution is -0.0613. The molecule has 14 N–H and O–H groups in total. The molecule has 2 saturated heterocycles. The van der Waals surface area contributed by atoms with Gasteiger partial charge >= 0.3 is 11.9 Å². The van der Waals surface area contributed by atoms with Crippen molar-refractivity contribution in [1.82, 2.24) is 38.9 Å². The smallest absolute Gasteiger partial charge is 0.336 e. The van der Waals surface area contributed by atoms with Gasteiger partial charge in [-0.2, -0.15) is 43.6 Å². The standard InChI is InChI=1S/C36H48N12O18S4/c1-47(15-27(47)35(53,17-49)18-50)33-43-29(37-9-11-67(55,56)57)41-31(45-33)39-23-7-5-21(25(13-23)69(61,62)63)3-4-22-6-8-24(14-26(22)70(64,65)66)40-32-42-30(38-10-12-68(58,59)60)44-34(46-32)48(2)16-28(48)36(54,19-51)20-52/h3-8,13-14,27-28,49-54H,9-12,15-20H2,1-2H3,(H6-2,37,38,39,40,41,42,43,44,45,46,55,56,57,58,59,60,61,62,63,64,65,66)/p+2. The van der Waals surface area contributed by atoms with Crippen LogP contribution in [0.1, 0.15) is 11.1 Å². The van der Waals surface area contributed by atoms with Gasteiger partial charge < -0.3 is 51.9 Å². The zero-order valence-corrected chi connectivity index (χ0v) is 40.1. The molecule has 0 amide bonds. The molecular weight excluding hydrogens is 1020 g/mol. The molecule has 0 saturated carbocycles. The van der Waals surface area contributed by atoms with Gasteiger partial charge in [0.1, 0.15) is 22.9 Å². The molecule has 2 aliphatic heterocycles. The third-order valence-corrected chi connectivity index (χ3v) is 14.8. The summed E-state index contributed by atoms with van der Waals surface area (Å²) >= 11 is 0. The second kappa shape index (κ2) is 19.7. The predicted octanol–water partition coefficient (Wildman–Crippen LogP) is -3.12. The molecule has 30 nitrogen and oxygen atoms in total. The molecule has 4 atom stereocenters. The highest BCUT2D eigenvalue weighted by Gasteiger charge is 2.67. The molecule has 70 heavy (non-hydrogen) atoms. The maximum atomic E-state index is 12.7. The van der Waals surface area contributed by atoms with E-state index in [2.05, 4.69) is 51.2 Å². The lowest BCUT2D eigenvalue weighted by atomic mass is 10.0. The summed E-state index contributed by atoms with van der Waals surface area (Å²) in [7, 11) is -15.8. The van der Waals surface area contributed by atoms with Crippen LogP contribution in [0.2, 0.25) is 0 Å². The topological polar surface area (TPSA) is 464 Å². The minimum atomic E-state index is -5.06. The Labute approximate surface area is 399 Å². The molecule has 4 unspecified atom stereocenters. The highest BCUT2D eigenvalue weighted by Crippen LogP contribution is 2.42. The molecule has 384 valence electrons. The number of aromatic nitrogens is 6. The molecule has 2 aromatic carbocycles. The van der Waals surface area contributed by atoms with Crippen LogP contribution in [0.4, 0.5) is 47.1 Å². The van der Waals surface area contributed by atoms with Gasteiger partial charge in [-0.25, -0.2) is 8.97 Å². The Balaban J connectivity index is 1.30. The molecule has 0 bridgehead atoms. The molecule has 0 radical (unpaired) electrons. The van der Waals surface area contributed by atoms with Gasteiger partial charge in [0.05, 0.1) is 52.0 Å². The fourth-order valence-electron chi connectivity index (χ4n) is 7.41. The van der Waals surface area contributed by atoms with Crippen molar-refractivity contribution < 1.29 is 82.5 Å². The number of anilines is 6. The first-order valence-corrected chi connectivity index (χ1v) is 26.4. The summed E-state index contributed by atoms with van der Waals surface area (Å²) in [6.07, 6.45) is 2.20. The first kappa shape index (κ1) is 54.1. The van der Waals surface area contributed by atoms with Crippen LogP contribution in [0.3, 0.4) is 0 Å². The van der Waals surface area contributed by atoms with Gasteiger partial charge in [0.2, 0.25) is 23.8 Å². The Morgan fingerprint density at radius 3 is 1.19 bits per heavy atom. The van der Waals surface area contributed by atoms with Crippen molar-refractivity contribution in [2.75, 3.05) is 99.5 Å². The molecular formula is C36H50N12O18S4+2. The van der Waals surface area contributed by atoms with Crippen molar-refractivity contribution in [3.63, 3.8) is 0 Å². The molecule has 6 rings (SSSR count). The van der Waals surface area contributed by atoms with E-state index in [1.807, 2.05) is 0 Å². The average Bonchev–Trinajstić information content (AvgIpc) is 4.18. The summed E-state index contributed by atoms with van der Waals surface area (Å²) in [5, 5.41) is 71.3. The van der Waals surface area contributed by atoms with E-state index >= 15 is 0 Å². The van der Waals surface area contributed by atoms with E-state index in [9.17, 15) is 82.5 Å². The average molecular weight is 1070 g/mol. The molecule has 2 aliphatic rings. The maximum absolute atomic E-state index is 12.7. The van der Waals surface area contributed by atoms with Crippen molar-refractivity contribution in [3.8, 4) is 0 Å². The fourth-order valence-corrected chi connectivity index (χ4v) is 9.55. The lowest BCUT2D eigenvalue weighted by Crippen LogP contribution is -2.48. The van der Waals surface area contributed by atoms with E-state index < -0.39 is 111 Å². The molecule has 4 aromatic rings. The van der Waals surface area contributed by atoms with E-state index in [4.69, 9.17) is 0 Å². The number of hydrogen-bond acceptors (Lipinski definition) is 24. The zero-order valence-electron chi connectivity index (χ0n) is 36.8. The van der Waals surface area contributed by atoms with Crippen LogP contribution in [0.25, 0.3) is 12.2 Å². The Kier molecular flexibility index (Phi) is 15.2. The van der Waals surface area contributed by atoms with Crippen molar-refractivity contribution in [1.29, 1.82) is 0 Å². The Morgan fingerprint density at radius 2 is 0.886 bits per heavy atom. The molecule has 0 spiro atoms. The fraction of sp³-hybridized carbons (Fsp3) is 0.444. The minimum Gasteiger partial charge on any atom is -0.393 e. The molecule has 2 aromatic heterocycles. The number of nitrogens with one attached hydrogen (secondary N) is 4. The van der Waals surface area contributed by atoms with E-state index in [0.29, 0.717) is 0 Å². The van der Waals surface area contributed by atoms with Crippen LogP contribution < -0.4 is 30.2 Å². The van der Waals surface area contributed by atoms with Crippen LogP contribution in [0.5, 0.6) is 0 Å². The minimum absolute atomic E-state index is 0.0621. The Hall–Kier alpha value is -5.28. The van der Waals surface area contributed by atoms with Crippen molar-refractivity contribution in [3.05, 3.63) is 47.5 Å². The maximum Gasteiger partial charge on any atom is 0.336 e. The van der Waals surface area contributed by atoms with E-state index in [0.717, 1.165) is 24.3 Å². The van der Waals surface area contributed by atoms with Crippen LogP contribution in [-0.2, 0) is 40.5 Å². The number of hydrogen-bond donors (Lipinski definition) is 14. The molecule has 0 aliphatic carbocycles. The Morgan fingerprint density at radius 1 is 0.557 bits per heavy atom. The molecule has 4 heterocycles. The van der Waals surface area contributed by atoms with Crippen molar-refractivity contribution >= 4 is 99.7 Å². The number of rotatable bonds is 24. The normalized spacial score (nSPS) is 20.9. The molecule has 2 fully saturated rings. The summed E-state index contributed by atoms with van der Waals surface area (Å²) in [5.41, 5.74) is -4.45. The van der Waals surface area contributed by atoms with Crippen LogP contribution in [0.15, 0.2) is 46.2 Å². The number of benzene rings is 2. The van der Waals surface area contributed by atoms with E-state index in [-0.39, 0.29) is 93.3 Å². The Bertz CT molecular complexity index is 2920. The summed E-state index contributed by atoms with van der Waals surface area (Å²) in [5.74, 6) is -2.68. The van der Waals surface area contributed by atoms with E-state index in [1.54, 1.807) is 14.1 Å². The van der Waals surface area contributed by atoms with Gasteiger partial charge in [0.15, 0.2) is 23.3 Å². The van der Waals surface area contributed by atoms with Gasteiger partial charge in [0, 0.05) is 24.5 Å². The SMILES string of the molecule is C[N+]1(c2nc(NCCS(=O)(=O)O)nc(Nc3ccc(C=Cc4ccc(Nc5nc(NCCS(=O)(=O)O)nc([N+]6(C)CC6C(O)(CO)CO)n5)cc4S(=O)(=O)O)c(S(=O)(=O)O)c3)n2)CC1C(O)(CO)CO. The third kappa shape index (κ3) is 12.6. The summed E-state index contributed by atoms with van der Waals surface area (Å²) < 4.78 is 135. The lowest BCUT2D eigenvalue weighted by Gasteiger charge is -2.23.